The number of alkyl halides is 2. The minimum atomic E-state index is -2.98. The van der Waals surface area contributed by atoms with Crippen LogP contribution in [0.15, 0.2) is 33.7 Å². The summed E-state index contributed by atoms with van der Waals surface area (Å²) in [6, 6.07) is 4.44. The number of aromatic amines is 1. The van der Waals surface area contributed by atoms with Crippen molar-refractivity contribution >= 4 is 17.0 Å². The standard InChI is InChI=1S/C19H19F2N3O5/c1-4-27-13-7-11(5-6-12(13)29-19(20)21)8-24(3)18(26)14-10(2)28-17-15(14)16(25)22-9-23-17/h5-7,9,19H,4,8H2,1-3H3,(H,22,23,25). The summed E-state index contributed by atoms with van der Waals surface area (Å²) in [6.45, 7) is 0.707. The van der Waals surface area contributed by atoms with Gasteiger partial charge in [-0.05, 0) is 31.5 Å². The lowest BCUT2D eigenvalue weighted by molar-refractivity contribution is -0.0514. The second kappa shape index (κ2) is 8.29. The van der Waals surface area contributed by atoms with Crippen LogP contribution < -0.4 is 15.0 Å². The smallest absolute Gasteiger partial charge is 0.387 e. The number of rotatable bonds is 7. The molecule has 0 fully saturated rings. The second-order valence-electron chi connectivity index (χ2n) is 6.20. The average Bonchev–Trinajstić information content (AvgIpc) is 3.00. The van der Waals surface area contributed by atoms with Gasteiger partial charge in [0, 0.05) is 13.6 Å². The molecule has 0 saturated heterocycles. The monoisotopic (exact) mass is 407 g/mol. The van der Waals surface area contributed by atoms with Crippen molar-refractivity contribution in [3.8, 4) is 11.5 Å². The number of nitrogens with one attached hydrogen (secondary N) is 1. The van der Waals surface area contributed by atoms with Gasteiger partial charge in [-0.1, -0.05) is 6.07 Å². The summed E-state index contributed by atoms with van der Waals surface area (Å²) in [5.41, 5.74) is 0.355. The molecule has 154 valence electrons. The number of benzene rings is 1. The molecule has 0 radical (unpaired) electrons. The Labute approximate surface area is 164 Å². The van der Waals surface area contributed by atoms with Crippen LogP contribution in [0.2, 0.25) is 0 Å². The van der Waals surface area contributed by atoms with Crippen LogP contribution in [0.25, 0.3) is 11.1 Å². The first-order chi connectivity index (χ1) is 13.8. The molecule has 10 heteroatoms. The van der Waals surface area contributed by atoms with Crippen LogP contribution in [0.5, 0.6) is 11.5 Å². The SMILES string of the molecule is CCOc1cc(CN(C)C(=O)c2c(C)oc3nc[nH]c(=O)c23)ccc1OC(F)F. The van der Waals surface area contributed by atoms with E-state index in [1.54, 1.807) is 27.0 Å². The third-order valence-corrected chi connectivity index (χ3v) is 4.17. The molecule has 0 bridgehead atoms. The minimum Gasteiger partial charge on any atom is -0.490 e. The Bertz CT molecular complexity index is 1090. The van der Waals surface area contributed by atoms with E-state index in [4.69, 9.17) is 9.15 Å². The first-order valence-corrected chi connectivity index (χ1v) is 8.74. The lowest BCUT2D eigenvalue weighted by atomic mass is 10.1. The normalized spacial score (nSPS) is 11.1. The summed E-state index contributed by atoms with van der Waals surface area (Å²) in [7, 11) is 1.55. The average molecular weight is 407 g/mol. The molecule has 1 amide bonds. The van der Waals surface area contributed by atoms with Crippen molar-refractivity contribution in [1.82, 2.24) is 14.9 Å². The molecule has 8 nitrogen and oxygen atoms in total. The molecular weight excluding hydrogens is 388 g/mol. The van der Waals surface area contributed by atoms with Crippen molar-refractivity contribution in [3.63, 3.8) is 0 Å². The van der Waals surface area contributed by atoms with E-state index >= 15 is 0 Å². The highest BCUT2D eigenvalue weighted by Crippen LogP contribution is 2.30. The molecule has 29 heavy (non-hydrogen) atoms. The zero-order chi connectivity index (χ0) is 21.1. The maximum Gasteiger partial charge on any atom is 0.387 e. The first-order valence-electron chi connectivity index (χ1n) is 8.74. The minimum absolute atomic E-state index is 0.0788. The van der Waals surface area contributed by atoms with Gasteiger partial charge in [0.15, 0.2) is 11.5 Å². The van der Waals surface area contributed by atoms with E-state index in [-0.39, 0.29) is 47.1 Å². The van der Waals surface area contributed by atoms with Crippen LogP contribution in [0.1, 0.15) is 28.6 Å². The van der Waals surface area contributed by atoms with Crippen LogP contribution in [-0.4, -0.2) is 41.0 Å². The second-order valence-corrected chi connectivity index (χ2v) is 6.20. The Morgan fingerprint density at radius 2 is 2.10 bits per heavy atom. The van der Waals surface area contributed by atoms with Crippen LogP contribution >= 0.6 is 0 Å². The van der Waals surface area contributed by atoms with Gasteiger partial charge in [0.05, 0.1) is 18.5 Å². The highest BCUT2D eigenvalue weighted by molar-refractivity contribution is 6.06. The fourth-order valence-electron chi connectivity index (χ4n) is 2.96. The van der Waals surface area contributed by atoms with Gasteiger partial charge >= 0.3 is 6.61 Å². The number of fused-ring (bicyclic) bond motifs is 1. The quantitative estimate of drug-likeness (QED) is 0.646. The number of ether oxygens (including phenoxy) is 2. The van der Waals surface area contributed by atoms with Crippen LogP contribution in [0.3, 0.4) is 0 Å². The van der Waals surface area contributed by atoms with Crippen LogP contribution in [0.4, 0.5) is 8.78 Å². The van der Waals surface area contributed by atoms with E-state index in [9.17, 15) is 18.4 Å². The van der Waals surface area contributed by atoms with Gasteiger partial charge in [-0.15, -0.1) is 0 Å². The molecule has 1 N–H and O–H groups in total. The van der Waals surface area contributed by atoms with Crippen molar-refractivity contribution in [3.05, 3.63) is 51.8 Å². The zero-order valence-corrected chi connectivity index (χ0v) is 16.0. The van der Waals surface area contributed by atoms with Gasteiger partial charge in [0.25, 0.3) is 11.5 Å². The number of halogens is 2. The van der Waals surface area contributed by atoms with E-state index < -0.39 is 18.1 Å². The number of amides is 1. The number of hydrogen-bond acceptors (Lipinski definition) is 6. The Balaban J connectivity index is 1.88. The fourth-order valence-corrected chi connectivity index (χ4v) is 2.96. The number of hydrogen-bond donors (Lipinski definition) is 1. The molecule has 3 rings (SSSR count). The largest absolute Gasteiger partial charge is 0.490 e. The van der Waals surface area contributed by atoms with Crippen LogP contribution in [0, 0.1) is 6.92 Å². The fraction of sp³-hybridized carbons (Fsp3) is 0.316. The maximum absolute atomic E-state index is 13.0. The van der Waals surface area contributed by atoms with Crippen LogP contribution in [-0.2, 0) is 6.54 Å². The summed E-state index contributed by atoms with van der Waals surface area (Å²) in [5, 5.41) is 0.0811. The third kappa shape index (κ3) is 4.20. The Morgan fingerprint density at radius 3 is 2.79 bits per heavy atom. The number of H-pyrrole nitrogens is 1. The molecule has 2 heterocycles. The van der Waals surface area contributed by atoms with Crippen molar-refractivity contribution in [2.45, 2.75) is 27.0 Å². The lowest BCUT2D eigenvalue weighted by Gasteiger charge is -2.18. The maximum atomic E-state index is 13.0. The van der Waals surface area contributed by atoms with Gasteiger partial charge in [0.2, 0.25) is 5.71 Å². The zero-order valence-electron chi connectivity index (χ0n) is 16.0. The highest BCUT2D eigenvalue weighted by atomic mass is 19.3. The molecule has 0 aliphatic rings. The molecule has 0 saturated carbocycles. The Kier molecular flexibility index (Phi) is 5.81. The molecule has 2 aromatic heterocycles. The number of aryl methyl sites for hydroxylation is 1. The first kappa shape index (κ1) is 20.3. The molecule has 1 aromatic carbocycles. The summed E-state index contributed by atoms with van der Waals surface area (Å²) in [6.07, 6.45) is 1.20. The van der Waals surface area contributed by atoms with Crippen molar-refractivity contribution < 1.29 is 27.5 Å². The number of nitrogens with zero attached hydrogens (tertiary/aromatic N) is 2. The number of carbonyl (C=O) groups excluding carboxylic acids is 1. The van der Waals surface area contributed by atoms with E-state index in [1.165, 1.54) is 23.4 Å². The molecule has 0 spiro atoms. The Morgan fingerprint density at radius 1 is 1.34 bits per heavy atom. The molecule has 0 atom stereocenters. The van der Waals surface area contributed by atoms with Gasteiger partial charge in [-0.2, -0.15) is 8.78 Å². The van der Waals surface area contributed by atoms with Crippen molar-refractivity contribution in [2.75, 3.05) is 13.7 Å². The molecule has 3 aromatic rings. The van der Waals surface area contributed by atoms with Gasteiger partial charge in [0.1, 0.15) is 11.1 Å². The predicted molar refractivity (Wildman–Crippen MR) is 99.4 cm³/mol. The van der Waals surface area contributed by atoms with Gasteiger partial charge in [-0.25, -0.2) is 4.98 Å². The number of carbonyl (C=O) groups is 1. The molecule has 0 aliphatic heterocycles. The topological polar surface area (TPSA) is 97.7 Å². The highest BCUT2D eigenvalue weighted by Gasteiger charge is 2.24. The van der Waals surface area contributed by atoms with E-state index in [0.29, 0.717) is 5.56 Å². The van der Waals surface area contributed by atoms with E-state index in [1.807, 2.05) is 0 Å². The molecular formula is C19H19F2N3O5. The number of aromatic nitrogens is 2. The lowest BCUT2D eigenvalue weighted by Crippen LogP contribution is -2.27. The third-order valence-electron chi connectivity index (χ3n) is 4.17. The van der Waals surface area contributed by atoms with E-state index in [0.717, 1.165) is 0 Å². The van der Waals surface area contributed by atoms with Gasteiger partial charge in [-0.3, -0.25) is 9.59 Å². The summed E-state index contributed by atoms with van der Waals surface area (Å²) in [5.74, 6) is -0.104. The Hall–Kier alpha value is -3.43. The van der Waals surface area contributed by atoms with Crippen molar-refractivity contribution in [1.29, 1.82) is 0 Å². The molecule has 0 unspecified atom stereocenters. The van der Waals surface area contributed by atoms with E-state index in [2.05, 4.69) is 14.7 Å². The molecule has 0 aliphatic carbocycles. The predicted octanol–water partition coefficient (Wildman–Crippen LogP) is 3.10. The summed E-state index contributed by atoms with van der Waals surface area (Å²) >= 11 is 0. The summed E-state index contributed by atoms with van der Waals surface area (Å²) in [4.78, 5) is 32.8. The van der Waals surface area contributed by atoms with Crippen molar-refractivity contribution in [2.24, 2.45) is 0 Å². The number of furan rings is 1. The van der Waals surface area contributed by atoms with Gasteiger partial charge < -0.3 is 23.8 Å². The summed E-state index contributed by atoms with van der Waals surface area (Å²) < 4.78 is 40.3.